The monoisotopic (exact) mass is 480 g/mol. The molecule has 2 aromatic heterocycles. The number of halogens is 6. The zero-order valence-electron chi connectivity index (χ0n) is 17.3. The summed E-state index contributed by atoms with van der Waals surface area (Å²) in [6.07, 6.45) is -10.6. The Morgan fingerprint density at radius 2 is 1.88 bits per heavy atom. The molecule has 2 aromatic carbocycles. The van der Waals surface area contributed by atoms with Crippen molar-refractivity contribution in [3.8, 4) is 34.7 Å². The molecule has 0 bridgehead atoms. The Labute approximate surface area is 188 Å². The van der Waals surface area contributed by atoms with Crippen LogP contribution in [0.25, 0.3) is 33.7 Å². The highest BCUT2D eigenvalue weighted by atomic mass is 19.4. The largest absolute Gasteiger partial charge is 0.481 e. The quantitative estimate of drug-likeness (QED) is 0.317. The zero-order valence-corrected chi connectivity index (χ0v) is 17.3. The summed E-state index contributed by atoms with van der Waals surface area (Å²) in [7, 11) is 0. The van der Waals surface area contributed by atoms with Crippen LogP contribution in [0.4, 0.5) is 26.3 Å². The van der Waals surface area contributed by atoms with Gasteiger partial charge in [0.2, 0.25) is 5.82 Å². The van der Waals surface area contributed by atoms with E-state index < -0.39 is 29.8 Å². The van der Waals surface area contributed by atoms with Crippen molar-refractivity contribution in [3.05, 3.63) is 54.2 Å². The van der Waals surface area contributed by atoms with Crippen molar-refractivity contribution in [1.82, 2.24) is 14.7 Å². The molecule has 1 atom stereocenters. The third-order valence-corrected chi connectivity index (χ3v) is 5.02. The number of ether oxygens (including phenoxy) is 1. The minimum Gasteiger partial charge on any atom is -0.481 e. The zero-order chi connectivity index (χ0) is 24.7. The minimum absolute atomic E-state index is 0.0925. The highest BCUT2D eigenvalue weighted by molar-refractivity contribution is 5.94. The SMILES string of the molecule is CC(Oc1ccc(-c2nc(-c3cccc4c3ccn4CC#N)no2)cc1C(F)(F)F)C(F)(F)F. The number of rotatable bonds is 5. The Morgan fingerprint density at radius 3 is 2.56 bits per heavy atom. The summed E-state index contributed by atoms with van der Waals surface area (Å²) in [6, 6.07) is 11.4. The highest BCUT2D eigenvalue weighted by Crippen LogP contribution is 2.40. The number of nitriles is 1. The Bertz CT molecular complexity index is 1380. The number of hydrogen-bond acceptors (Lipinski definition) is 5. The van der Waals surface area contributed by atoms with Gasteiger partial charge in [-0.1, -0.05) is 17.3 Å². The summed E-state index contributed by atoms with van der Waals surface area (Å²) in [4.78, 5) is 4.17. The van der Waals surface area contributed by atoms with Crippen LogP contribution in [-0.4, -0.2) is 27.0 Å². The normalized spacial score (nSPS) is 13.1. The second-order valence-electron chi connectivity index (χ2n) is 7.27. The fourth-order valence-corrected chi connectivity index (χ4v) is 3.33. The molecule has 0 saturated heterocycles. The highest BCUT2D eigenvalue weighted by Gasteiger charge is 2.41. The topological polar surface area (TPSA) is 76.9 Å². The summed E-state index contributed by atoms with van der Waals surface area (Å²) in [5.74, 6) is -1.14. The van der Waals surface area contributed by atoms with E-state index in [1.165, 1.54) is 0 Å². The van der Waals surface area contributed by atoms with Crippen molar-refractivity contribution in [2.45, 2.75) is 31.9 Å². The predicted octanol–water partition coefficient (Wildman–Crippen LogP) is 6.23. The third-order valence-electron chi connectivity index (χ3n) is 5.02. The molecule has 176 valence electrons. The van der Waals surface area contributed by atoms with Gasteiger partial charge in [0.25, 0.3) is 5.89 Å². The van der Waals surface area contributed by atoms with Gasteiger partial charge in [-0.15, -0.1) is 0 Å². The molecule has 0 amide bonds. The molecule has 0 aliphatic carbocycles. The molecule has 0 radical (unpaired) electrons. The standard InChI is InChI=1S/C22H14F6N4O2/c1-12(21(23,24)25)33-18-6-5-13(11-16(18)22(26,27)28)20-30-19(31-34-20)15-3-2-4-17-14(15)7-9-32(17)10-8-29/h2-7,9,11-12H,10H2,1H3. The Kier molecular flexibility index (Phi) is 5.72. The number of nitrogens with zero attached hydrogens (tertiary/aromatic N) is 4. The summed E-state index contributed by atoms with van der Waals surface area (Å²) in [6.45, 7) is 0.731. The molecule has 6 nitrogen and oxygen atoms in total. The Balaban J connectivity index is 1.72. The maximum atomic E-state index is 13.5. The summed E-state index contributed by atoms with van der Waals surface area (Å²) in [5, 5.41) is 13.5. The molecule has 0 aliphatic heterocycles. The molecule has 2 heterocycles. The van der Waals surface area contributed by atoms with E-state index in [1.54, 1.807) is 35.0 Å². The molecule has 0 fully saturated rings. The molecule has 12 heteroatoms. The first-order valence-corrected chi connectivity index (χ1v) is 9.73. The van der Waals surface area contributed by atoms with Crippen LogP contribution in [0, 0.1) is 11.3 Å². The van der Waals surface area contributed by atoms with Gasteiger partial charge in [-0.25, -0.2) is 0 Å². The number of fused-ring (bicyclic) bond motifs is 1. The van der Waals surface area contributed by atoms with Gasteiger partial charge in [-0.3, -0.25) is 0 Å². The van der Waals surface area contributed by atoms with Crippen LogP contribution < -0.4 is 4.74 Å². The smallest absolute Gasteiger partial charge is 0.425 e. The van der Waals surface area contributed by atoms with E-state index in [1.807, 2.05) is 6.07 Å². The van der Waals surface area contributed by atoms with Gasteiger partial charge < -0.3 is 13.8 Å². The second-order valence-corrected chi connectivity index (χ2v) is 7.27. The van der Waals surface area contributed by atoms with Crippen molar-refractivity contribution >= 4 is 10.9 Å². The molecule has 4 aromatic rings. The van der Waals surface area contributed by atoms with Crippen LogP contribution >= 0.6 is 0 Å². The summed E-state index contributed by atoms with van der Waals surface area (Å²) < 4.78 is 90.3. The lowest BCUT2D eigenvalue weighted by Gasteiger charge is -2.20. The van der Waals surface area contributed by atoms with Crippen LogP contribution in [0.1, 0.15) is 12.5 Å². The molecule has 0 saturated carbocycles. The molecular formula is C22H14F6N4O2. The summed E-state index contributed by atoms with van der Waals surface area (Å²) >= 11 is 0. The fourth-order valence-electron chi connectivity index (χ4n) is 3.33. The number of benzene rings is 2. The lowest BCUT2D eigenvalue weighted by molar-refractivity contribution is -0.191. The summed E-state index contributed by atoms with van der Waals surface area (Å²) in [5.41, 5.74) is -0.298. The van der Waals surface area contributed by atoms with Gasteiger partial charge in [0.05, 0.1) is 11.6 Å². The van der Waals surface area contributed by atoms with E-state index in [0.717, 1.165) is 17.6 Å². The van der Waals surface area contributed by atoms with Gasteiger partial charge in [0, 0.05) is 28.2 Å². The van der Waals surface area contributed by atoms with Gasteiger partial charge in [0.15, 0.2) is 6.10 Å². The van der Waals surface area contributed by atoms with Gasteiger partial charge in [-0.2, -0.15) is 36.6 Å². The Hall–Kier alpha value is -4.01. The molecule has 4 rings (SSSR count). The van der Waals surface area contributed by atoms with Crippen LogP contribution in [0.3, 0.4) is 0 Å². The van der Waals surface area contributed by atoms with E-state index in [4.69, 9.17) is 9.78 Å². The maximum absolute atomic E-state index is 13.5. The average Bonchev–Trinajstić information content (AvgIpc) is 3.40. The van der Waals surface area contributed by atoms with Crippen LogP contribution in [0.2, 0.25) is 0 Å². The number of aromatic nitrogens is 3. The number of hydrogen-bond donors (Lipinski definition) is 0. The van der Waals surface area contributed by atoms with E-state index in [9.17, 15) is 26.3 Å². The van der Waals surface area contributed by atoms with Gasteiger partial charge in [0.1, 0.15) is 12.3 Å². The first-order chi connectivity index (χ1) is 16.0. The molecule has 0 aliphatic rings. The first-order valence-electron chi connectivity index (χ1n) is 9.73. The van der Waals surface area contributed by atoms with E-state index in [0.29, 0.717) is 23.9 Å². The molecule has 0 spiro atoms. The predicted molar refractivity (Wildman–Crippen MR) is 107 cm³/mol. The lowest BCUT2D eigenvalue weighted by Crippen LogP contribution is -2.31. The van der Waals surface area contributed by atoms with Crippen molar-refractivity contribution in [2.24, 2.45) is 0 Å². The van der Waals surface area contributed by atoms with Crippen LogP contribution in [0.5, 0.6) is 5.75 Å². The molecule has 0 N–H and O–H groups in total. The van der Waals surface area contributed by atoms with E-state index in [-0.39, 0.29) is 23.8 Å². The van der Waals surface area contributed by atoms with Gasteiger partial charge >= 0.3 is 12.4 Å². The molecule has 34 heavy (non-hydrogen) atoms. The minimum atomic E-state index is -4.99. The molecular weight excluding hydrogens is 466 g/mol. The average molecular weight is 480 g/mol. The van der Waals surface area contributed by atoms with Gasteiger partial charge in [-0.05, 0) is 37.3 Å². The molecule has 1 unspecified atom stereocenters. The van der Waals surface area contributed by atoms with Crippen molar-refractivity contribution in [1.29, 1.82) is 5.26 Å². The van der Waals surface area contributed by atoms with Crippen molar-refractivity contribution in [2.75, 3.05) is 0 Å². The van der Waals surface area contributed by atoms with Crippen molar-refractivity contribution < 1.29 is 35.6 Å². The van der Waals surface area contributed by atoms with Crippen LogP contribution in [-0.2, 0) is 12.7 Å². The second kappa shape index (κ2) is 8.40. The first kappa shape index (κ1) is 23.2. The van der Waals surface area contributed by atoms with E-state index in [2.05, 4.69) is 14.9 Å². The fraction of sp³-hybridized carbons (Fsp3) is 0.227. The lowest BCUT2D eigenvalue weighted by atomic mass is 10.1. The maximum Gasteiger partial charge on any atom is 0.425 e. The number of alkyl halides is 6. The van der Waals surface area contributed by atoms with E-state index >= 15 is 0 Å². The Morgan fingerprint density at radius 1 is 1.12 bits per heavy atom. The van der Waals surface area contributed by atoms with Crippen LogP contribution in [0.15, 0.2) is 53.2 Å². The third kappa shape index (κ3) is 4.41. The van der Waals surface area contributed by atoms with Crippen molar-refractivity contribution in [3.63, 3.8) is 0 Å².